The maximum atomic E-state index is 11.7. The Morgan fingerprint density at radius 2 is 2.26 bits per heavy atom. The van der Waals surface area contributed by atoms with Gasteiger partial charge in [0.2, 0.25) is 0 Å². The molecule has 1 aromatic rings. The minimum absolute atomic E-state index is 0.0109. The maximum absolute atomic E-state index is 11.7. The lowest BCUT2D eigenvalue weighted by Gasteiger charge is -2.15. The smallest absolute Gasteiger partial charge is 0.339 e. The van der Waals surface area contributed by atoms with Gasteiger partial charge in [0.05, 0.1) is 6.20 Å². The van der Waals surface area contributed by atoms with E-state index < -0.39 is 12.1 Å². The van der Waals surface area contributed by atoms with Gasteiger partial charge in [-0.2, -0.15) is 0 Å². The molecule has 0 aliphatic heterocycles. The van der Waals surface area contributed by atoms with Crippen molar-refractivity contribution in [2.24, 2.45) is 0 Å². The number of carboxylic acid groups (broad SMARTS) is 1. The van der Waals surface area contributed by atoms with Crippen LogP contribution >= 0.6 is 0 Å². The monoisotopic (exact) mass is 266 g/mol. The summed E-state index contributed by atoms with van der Waals surface area (Å²) in [6.45, 7) is 4.18. The highest BCUT2D eigenvalue weighted by Crippen LogP contribution is 2.17. The average Bonchev–Trinajstić information content (AvgIpc) is 2.39. The molecular weight excluding hydrogens is 248 g/mol. The molecule has 0 aromatic carbocycles. The minimum atomic E-state index is -1.11. The Morgan fingerprint density at radius 3 is 2.89 bits per heavy atom. The molecule has 0 spiro atoms. The van der Waals surface area contributed by atoms with Crippen molar-refractivity contribution in [2.75, 3.05) is 6.54 Å². The molecule has 1 atom stereocenters. The highest BCUT2D eigenvalue weighted by molar-refractivity contribution is 5.90. The molecular formula is C13H18N2O4. The van der Waals surface area contributed by atoms with Crippen molar-refractivity contribution >= 4 is 11.9 Å². The van der Waals surface area contributed by atoms with E-state index in [0.29, 0.717) is 6.54 Å². The summed E-state index contributed by atoms with van der Waals surface area (Å²) in [5.74, 6) is -1.29. The molecule has 1 aromatic heterocycles. The van der Waals surface area contributed by atoms with Gasteiger partial charge in [-0.3, -0.25) is 9.78 Å². The number of unbranched alkanes of at least 4 members (excludes halogenated alkanes) is 1. The number of carbonyl (C=O) groups excluding carboxylic acids is 1. The molecule has 0 aliphatic carbocycles. The fraction of sp³-hybridized carbons (Fsp3) is 0.462. The SMILES string of the molecule is CCCCNC(=O)C(C)Oc1cnccc1C(=O)O. The average molecular weight is 266 g/mol. The van der Waals surface area contributed by atoms with Crippen LogP contribution in [0.4, 0.5) is 0 Å². The number of rotatable bonds is 7. The summed E-state index contributed by atoms with van der Waals surface area (Å²) >= 11 is 0. The van der Waals surface area contributed by atoms with Crippen LogP contribution in [-0.2, 0) is 4.79 Å². The largest absolute Gasteiger partial charge is 0.478 e. The lowest BCUT2D eigenvalue weighted by Crippen LogP contribution is -2.37. The first-order valence-electron chi connectivity index (χ1n) is 6.18. The highest BCUT2D eigenvalue weighted by Gasteiger charge is 2.18. The first-order chi connectivity index (χ1) is 9.06. The number of aromatic nitrogens is 1. The summed E-state index contributed by atoms with van der Waals surface area (Å²) < 4.78 is 5.34. The van der Waals surface area contributed by atoms with Crippen LogP contribution < -0.4 is 10.1 Å². The summed E-state index contributed by atoms with van der Waals surface area (Å²) in [5.41, 5.74) is -0.0109. The number of hydrogen-bond acceptors (Lipinski definition) is 4. The van der Waals surface area contributed by atoms with Crippen LogP contribution in [-0.4, -0.2) is 34.6 Å². The molecule has 0 aliphatic rings. The second-order valence-corrected chi connectivity index (χ2v) is 4.08. The number of nitrogens with zero attached hydrogens (tertiary/aromatic N) is 1. The molecule has 2 N–H and O–H groups in total. The summed E-state index contributed by atoms with van der Waals surface area (Å²) in [6, 6.07) is 1.33. The van der Waals surface area contributed by atoms with Crippen molar-refractivity contribution in [3.05, 3.63) is 24.0 Å². The van der Waals surface area contributed by atoms with Crippen molar-refractivity contribution in [1.82, 2.24) is 10.3 Å². The lowest BCUT2D eigenvalue weighted by molar-refractivity contribution is -0.127. The molecule has 1 heterocycles. The van der Waals surface area contributed by atoms with E-state index in [9.17, 15) is 9.59 Å². The van der Waals surface area contributed by atoms with Crippen molar-refractivity contribution < 1.29 is 19.4 Å². The summed E-state index contributed by atoms with van der Waals surface area (Å²) in [5, 5.41) is 11.7. The maximum Gasteiger partial charge on any atom is 0.339 e. The zero-order valence-corrected chi connectivity index (χ0v) is 11.0. The number of carbonyl (C=O) groups is 2. The molecule has 19 heavy (non-hydrogen) atoms. The van der Waals surface area contributed by atoms with Crippen molar-refractivity contribution in [3.8, 4) is 5.75 Å². The first kappa shape index (κ1) is 14.9. The second-order valence-electron chi connectivity index (χ2n) is 4.08. The highest BCUT2D eigenvalue weighted by atomic mass is 16.5. The van der Waals surface area contributed by atoms with Gasteiger partial charge in [0.25, 0.3) is 5.91 Å². The van der Waals surface area contributed by atoms with Gasteiger partial charge in [-0.05, 0) is 19.4 Å². The van der Waals surface area contributed by atoms with E-state index in [1.165, 1.54) is 18.5 Å². The van der Waals surface area contributed by atoms with E-state index in [4.69, 9.17) is 9.84 Å². The quantitative estimate of drug-likeness (QED) is 0.729. The predicted molar refractivity (Wildman–Crippen MR) is 69.2 cm³/mol. The van der Waals surface area contributed by atoms with Crippen molar-refractivity contribution in [3.63, 3.8) is 0 Å². The molecule has 0 bridgehead atoms. The number of nitrogens with one attached hydrogen (secondary N) is 1. The van der Waals surface area contributed by atoms with Crippen molar-refractivity contribution in [1.29, 1.82) is 0 Å². The van der Waals surface area contributed by atoms with Gasteiger partial charge >= 0.3 is 5.97 Å². The molecule has 104 valence electrons. The predicted octanol–water partition coefficient (Wildman–Crippen LogP) is 1.46. The molecule has 1 rings (SSSR count). The Hall–Kier alpha value is -2.11. The van der Waals surface area contributed by atoms with Crippen molar-refractivity contribution in [2.45, 2.75) is 32.8 Å². The molecule has 0 saturated heterocycles. The number of aromatic carboxylic acids is 1. The Balaban J connectivity index is 2.63. The molecule has 6 nitrogen and oxygen atoms in total. The summed E-state index contributed by atoms with van der Waals surface area (Å²) in [6.07, 6.45) is 3.77. The molecule has 1 amide bonds. The third-order valence-corrected chi connectivity index (χ3v) is 2.52. The number of hydrogen-bond donors (Lipinski definition) is 2. The van der Waals surface area contributed by atoms with Gasteiger partial charge in [-0.25, -0.2) is 4.79 Å². The fourth-order valence-corrected chi connectivity index (χ4v) is 1.43. The fourth-order valence-electron chi connectivity index (χ4n) is 1.43. The molecule has 1 unspecified atom stereocenters. The van der Waals surface area contributed by atoms with Crippen LogP contribution in [0.5, 0.6) is 5.75 Å². The van der Waals surface area contributed by atoms with Crippen LogP contribution in [0.2, 0.25) is 0 Å². The first-order valence-corrected chi connectivity index (χ1v) is 6.18. The number of ether oxygens (including phenoxy) is 1. The van der Waals surface area contributed by atoms with Gasteiger partial charge in [-0.1, -0.05) is 13.3 Å². The van der Waals surface area contributed by atoms with E-state index >= 15 is 0 Å². The Kier molecular flexibility index (Phi) is 5.78. The normalized spacial score (nSPS) is 11.7. The molecule has 0 fully saturated rings. The third-order valence-electron chi connectivity index (χ3n) is 2.52. The lowest BCUT2D eigenvalue weighted by atomic mass is 10.2. The van der Waals surface area contributed by atoms with Gasteiger partial charge in [0.15, 0.2) is 11.9 Å². The van der Waals surface area contributed by atoms with E-state index in [-0.39, 0.29) is 17.2 Å². The van der Waals surface area contributed by atoms with Gasteiger partial charge in [0.1, 0.15) is 5.56 Å². The Morgan fingerprint density at radius 1 is 1.53 bits per heavy atom. The van der Waals surface area contributed by atoms with Gasteiger partial charge < -0.3 is 15.2 Å². The van der Waals surface area contributed by atoms with Crippen LogP contribution in [0.1, 0.15) is 37.0 Å². The molecule has 6 heteroatoms. The number of carboxylic acids is 1. The van der Waals surface area contributed by atoms with Gasteiger partial charge in [-0.15, -0.1) is 0 Å². The van der Waals surface area contributed by atoms with Crippen LogP contribution in [0, 0.1) is 0 Å². The minimum Gasteiger partial charge on any atom is -0.478 e. The van der Waals surface area contributed by atoms with E-state index in [1.54, 1.807) is 6.92 Å². The topological polar surface area (TPSA) is 88.5 Å². The Labute approximate surface area is 111 Å². The number of pyridine rings is 1. The molecule has 0 saturated carbocycles. The summed E-state index contributed by atoms with van der Waals surface area (Å²) in [4.78, 5) is 26.5. The zero-order valence-electron chi connectivity index (χ0n) is 11.0. The molecule has 0 radical (unpaired) electrons. The van der Waals surface area contributed by atoms with E-state index in [0.717, 1.165) is 12.8 Å². The Bertz CT molecular complexity index is 448. The van der Waals surface area contributed by atoms with Crippen LogP contribution in [0.25, 0.3) is 0 Å². The standard InChI is InChI=1S/C13H18N2O4/c1-3-4-6-15-12(16)9(2)19-11-8-14-7-5-10(11)13(17)18/h5,7-9H,3-4,6H2,1-2H3,(H,15,16)(H,17,18). The zero-order chi connectivity index (χ0) is 14.3. The second kappa shape index (κ2) is 7.35. The number of amides is 1. The van der Waals surface area contributed by atoms with Crippen LogP contribution in [0.3, 0.4) is 0 Å². The van der Waals surface area contributed by atoms with E-state index in [2.05, 4.69) is 10.3 Å². The summed E-state index contributed by atoms with van der Waals surface area (Å²) in [7, 11) is 0. The van der Waals surface area contributed by atoms with Crippen LogP contribution in [0.15, 0.2) is 18.5 Å². The van der Waals surface area contributed by atoms with E-state index in [1.807, 2.05) is 6.92 Å². The van der Waals surface area contributed by atoms with Gasteiger partial charge in [0, 0.05) is 12.7 Å². The third kappa shape index (κ3) is 4.57.